The molecule has 0 radical (unpaired) electrons. The molecule has 0 aromatic rings. The van der Waals surface area contributed by atoms with Crippen molar-refractivity contribution in [2.24, 2.45) is 0 Å². The van der Waals surface area contributed by atoms with Gasteiger partial charge in [-0.05, 0) is 7.05 Å². The number of carbonyl (C=O) groups is 1. The van der Waals surface area contributed by atoms with E-state index in [-0.39, 0.29) is 6.03 Å². The lowest BCUT2D eigenvalue weighted by Gasteiger charge is -2.28. The number of amides is 2. The van der Waals surface area contributed by atoms with Crippen LogP contribution in [0.5, 0.6) is 0 Å². The normalized spacial score (nSPS) is 27.5. The molecule has 0 unspecified atom stereocenters. The summed E-state index contributed by atoms with van der Waals surface area (Å²) in [6, 6.07) is -0.389. The molecule has 2 aliphatic heterocycles. The highest BCUT2D eigenvalue weighted by Crippen LogP contribution is 2.23. The Kier molecular flexibility index (Phi) is 1.73. The lowest BCUT2D eigenvalue weighted by molar-refractivity contribution is -0.658. The van der Waals surface area contributed by atoms with Crippen LogP contribution in [-0.4, -0.2) is 41.6 Å². The van der Waals surface area contributed by atoms with Gasteiger partial charge in [-0.25, -0.2) is 4.79 Å². The average Bonchev–Trinajstić information content (AvgIpc) is 2.34. The minimum absolute atomic E-state index is 0.389. The van der Waals surface area contributed by atoms with Crippen molar-refractivity contribution in [3.63, 3.8) is 0 Å². The van der Waals surface area contributed by atoms with Crippen molar-refractivity contribution in [1.29, 1.82) is 0 Å². The molecule has 2 aliphatic rings. The first-order valence-corrected chi connectivity index (χ1v) is 4.37. The summed E-state index contributed by atoms with van der Waals surface area (Å²) < 4.78 is 0. The molecule has 2 N–H and O–H groups in total. The van der Waals surface area contributed by atoms with Crippen molar-refractivity contribution >= 4 is 6.03 Å². The van der Waals surface area contributed by atoms with Gasteiger partial charge in [0.25, 0.3) is 0 Å². The van der Waals surface area contributed by atoms with Gasteiger partial charge in [-0.1, -0.05) is 5.43 Å². The largest absolute Gasteiger partial charge is 0.376 e. The number of urea groups is 1. The summed E-state index contributed by atoms with van der Waals surface area (Å²) in [6.45, 7) is 1.67. The predicted octanol–water partition coefficient (Wildman–Crippen LogP) is -0.585. The van der Waals surface area contributed by atoms with E-state index >= 15 is 0 Å². The van der Waals surface area contributed by atoms with E-state index in [4.69, 9.17) is 0 Å². The van der Waals surface area contributed by atoms with Crippen LogP contribution in [0, 0.1) is 4.91 Å². The van der Waals surface area contributed by atoms with Crippen LogP contribution >= 0.6 is 0 Å². The molecule has 72 valence electrons. The van der Waals surface area contributed by atoms with Crippen molar-refractivity contribution in [2.45, 2.75) is 18.5 Å². The maximum absolute atomic E-state index is 11.4. The van der Waals surface area contributed by atoms with E-state index in [1.807, 2.05) is 7.05 Å². The molecular weight excluding hydrogens is 172 g/mol. The van der Waals surface area contributed by atoms with Gasteiger partial charge in [-0.2, -0.15) is 0 Å². The molecule has 1 spiro atoms. The highest BCUT2D eigenvalue weighted by atomic mass is 16.3. The Morgan fingerprint density at radius 3 is 2.54 bits per heavy atom. The summed E-state index contributed by atoms with van der Waals surface area (Å²) in [7, 11) is 2.01. The third-order valence-electron chi connectivity index (χ3n) is 2.75. The van der Waals surface area contributed by atoms with Gasteiger partial charge in [0.15, 0.2) is 4.87 Å². The molecule has 6 heteroatoms. The van der Waals surface area contributed by atoms with Gasteiger partial charge in [0.05, 0.1) is 17.7 Å². The number of rotatable bonds is 0. The molecular formula is C7H13N4O2+. The van der Waals surface area contributed by atoms with E-state index < -0.39 is 5.66 Å². The summed E-state index contributed by atoms with van der Waals surface area (Å²) in [5.41, 5.74) is 1.51. The number of hydrogen-bond donors (Lipinski definition) is 2. The maximum Gasteiger partial charge on any atom is 0.376 e. The van der Waals surface area contributed by atoms with Crippen LogP contribution < -0.4 is 10.7 Å². The summed E-state index contributed by atoms with van der Waals surface area (Å²) in [5.74, 6) is 0. The molecule has 2 amide bonds. The molecule has 2 saturated heterocycles. The van der Waals surface area contributed by atoms with Gasteiger partial charge in [-0.3, -0.25) is 5.32 Å². The van der Waals surface area contributed by atoms with E-state index in [1.165, 1.54) is 0 Å². The zero-order chi connectivity index (χ0) is 9.47. The lowest BCUT2D eigenvalue weighted by Crippen LogP contribution is -2.54. The van der Waals surface area contributed by atoms with Crippen LogP contribution in [-0.2, 0) is 0 Å². The van der Waals surface area contributed by atoms with Gasteiger partial charge in [0, 0.05) is 13.1 Å². The molecule has 0 atom stereocenters. The fourth-order valence-corrected chi connectivity index (χ4v) is 1.81. The molecule has 0 aliphatic carbocycles. The monoisotopic (exact) mass is 185 g/mol. The second-order valence-electron chi connectivity index (χ2n) is 3.70. The number of carbonyl (C=O) groups excluding carboxylic acids is 1. The lowest BCUT2D eigenvalue weighted by atomic mass is 9.98. The molecule has 0 aromatic heterocycles. The molecule has 6 nitrogen and oxygen atoms in total. The number of hydrogen-bond acceptors (Lipinski definition) is 3. The van der Waals surface area contributed by atoms with Gasteiger partial charge < -0.3 is 4.90 Å². The number of piperidine rings is 1. The second-order valence-corrected chi connectivity index (χ2v) is 3.70. The minimum atomic E-state index is -0.691. The zero-order valence-electron chi connectivity index (χ0n) is 7.54. The van der Waals surface area contributed by atoms with Gasteiger partial charge >= 0.3 is 11.7 Å². The summed E-state index contributed by atoms with van der Waals surface area (Å²) >= 11 is 0. The number of nitroso groups, excluding NO2 is 1. The van der Waals surface area contributed by atoms with E-state index in [9.17, 15) is 9.70 Å². The van der Waals surface area contributed by atoms with Gasteiger partial charge in [0.1, 0.15) is 0 Å². The Hall–Kier alpha value is -1.17. The van der Waals surface area contributed by atoms with Crippen molar-refractivity contribution in [2.75, 3.05) is 20.1 Å². The molecule has 0 saturated carbocycles. The minimum Gasteiger partial charge on any atom is -0.306 e. The molecule has 2 heterocycles. The number of nitrogens with one attached hydrogen (secondary N) is 2. The topological polar surface area (TPSA) is 64.5 Å². The standard InChI is InChI=1S/C7H12N4O2/c1-10-4-2-7(3-5-10)8-6(12)9-11(7)13/h2-5H2,1H3,(H-,8,9,12,13)/p+1. The Labute approximate surface area is 75.8 Å². The second kappa shape index (κ2) is 2.66. The third-order valence-corrected chi connectivity index (χ3v) is 2.75. The van der Waals surface area contributed by atoms with Crippen LogP contribution in [0.15, 0.2) is 0 Å². The van der Waals surface area contributed by atoms with Crippen LogP contribution in [0.3, 0.4) is 0 Å². The summed E-state index contributed by atoms with van der Waals surface area (Å²) in [4.78, 5) is 25.1. The van der Waals surface area contributed by atoms with Crippen LogP contribution in [0.4, 0.5) is 4.79 Å². The third kappa shape index (κ3) is 1.27. The molecule has 2 rings (SSSR count). The van der Waals surface area contributed by atoms with E-state index in [1.54, 1.807) is 0 Å². The predicted molar refractivity (Wildman–Crippen MR) is 44.8 cm³/mol. The SMILES string of the molecule is CN1CCC2(CC1)NC(=O)N[N+]2=O. The van der Waals surface area contributed by atoms with Crippen LogP contribution in [0.2, 0.25) is 0 Å². The van der Waals surface area contributed by atoms with E-state index in [2.05, 4.69) is 15.6 Å². The van der Waals surface area contributed by atoms with Crippen molar-refractivity contribution in [3.8, 4) is 0 Å². The number of hydrazine groups is 1. The Morgan fingerprint density at radius 2 is 2.08 bits per heavy atom. The van der Waals surface area contributed by atoms with Gasteiger partial charge in [-0.15, -0.1) is 0 Å². The molecule has 0 bridgehead atoms. The molecule has 13 heavy (non-hydrogen) atoms. The molecule has 0 aromatic carbocycles. The first-order chi connectivity index (χ1) is 6.12. The first kappa shape index (κ1) is 8.43. The van der Waals surface area contributed by atoms with Crippen molar-refractivity contribution in [3.05, 3.63) is 4.91 Å². The van der Waals surface area contributed by atoms with Crippen LogP contribution in [0.25, 0.3) is 0 Å². The zero-order valence-corrected chi connectivity index (χ0v) is 7.54. The van der Waals surface area contributed by atoms with Crippen molar-refractivity contribution < 1.29 is 9.66 Å². The smallest absolute Gasteiger partial charge is 0.306 e. The van der Waals surface area contributed by atoms with E-state index in [0.29, 0.717) is 17.7 Å². The first-order valence-electron chi connectivity index (χ1n) is 4.37. The summed E-state index contributed by atoms with van der Waals surface area (Å²) in [6.07, 6.45) is 1.34. The van der Waals surface area contributed by atoms with E-state index in [0.717, 1.165) is 13.1 Å². The van der Waals surface area contributed by atoms with Gasteiger partial charge in [0.2, 0.25) is 0 Å². The fraction of sp³-hybridized carbons (Fsp3) is 0.857. The Bertz CT molecular complexity index is 257. The number of likely N-dealkylation sites (tertiary alicyclic amines) is 1. The van der Waals surface area contributed by atoms with Crippen molar-refractivity contribution in [1.82, 2.24) is 15.6 Å². The fourth-order valence-electron chi connectivity index (χ4n) is 1.81. The Balaban J connectivity index is 2.13. The number of nitrogens with zero attached hydrogens (tertiary/aromatic N) is 2. The molecule has 2 fully saturated rings. The average molecular weight is 185 g/mol. The highest BCUT2D eigenvalue weighted by Gasteiger charge is 2.55. The maximum atomic E-state index is 11.4. The highest BCUT2D eigenvalue weighted by molar-refractivity contribution is 5.74. The Morgan fingerprint density at radius 1 is 1.46 bits per heavy atom. The quantitative estimate of drug-likeness (QED) is 0.496. The summed E-state index contributed by atoms with van der Waals surface area (Å²) in [5, 5.41) is 2.68. The van der Waals surface area contributed by atoms with Crippen LogP contribution in [0.1, 0.15) is 12.8 Å².